The molecule has 1 heterocycles. The van der Waals surface area contributed by atoms with Gasteiger partial charge in [-0.15, -0.1) is 0 Å². The second kappa shape index (κ2) is 6.83. The normalized spacial score (nSPS) is 21.4. The third-order valence-corrected chi connectivity index (χ3v) is 1.66. The molecule has 1 unspecified atom stereocenters. The minimum Gasteiger partial charge on any atom is -0.418 e. The molecule has 0 fully saturated rings. The van der Waals surface area contributed by atoms with Crippen molar-refractivity contribution in [2.24, 2.45) is 0 Å². The molecule has 2 nitrogen and oxygen atoms in total. The highest BCUT2D eigenvalue weighted by Crippen LogP contribution is 2.06. The van der Waals surface area contributed by atoms with Crippen molar-refractivity contribution in [1.29, 1.82) is 0 Å². The molecule has 0 bridgehead atoms. The van der Waals surface area contributed by atoms with Crippen molar-refractivity contribution in [2.75, 3.05) is 19.7 Å². The lowest BCUT2D eigenvalue weighted by Gasteiger charge is -2.15. The Labute approximate surface area is 80.3 Å². The third kappa shape index (κ3) is 11.4. The molecule has 7 heteroatoms. The summed E-state index contributed by atoms with van der Waals surface area (Å²) in [6.45, 7) is 2.37. The molecule has 14 heavy (non-hydrogen) atoms. The van der Waals surface area contributed by atoms with Crippen LogP contribution >= 0.6 is 0 Å². The highest BCUT2D eigenvalue weighted by atomic mass is 19.5. The van der Waals surface area contributed by atoms with Crippen LogP contribution in [0.25, 0.3) is 0 Å². The number of allylic oxidation sites excluding steroid dienone is 1. The van der Waals surface area contributed by atoms with Crippen molar-refractivity contribution in [2.45, 2.75) is 12.8 Å². The summed E-state index contributed by atoms with van der Waals surface area (Å²) in [5.74, 6) is 0. The molecule has 0 amide bonds. The first-order valence-electron chi connectivity index (χ1n) is 4.43. The monoisotopic (exact) mass is 215 g/mol. The van der Waals surface area contributed by atoms with Crippen molar-refractivity contribution in [1.82, 2.24) is 0 Å². The maximum atomic E-state index is 9.75. The van der Waals surface area contributed by atoms with E-state index in [1.807, 2.05) is 0 Å². The zero-order valence-electron chi connectivity index (χ0n) is 7.73. The number of quaternary nitrogens is 1. The molecule has 0 aliphatic carbocycles. The fraction of sp³-hybridized carbons (Fsp3) is 0.714. The van der Waals surface area contributed by atoms with E-state index < -0.39 is 7.25 Å². The van der Waals surface area contributed by atoms with Crippen molar-refractivity contribution >= 4 is 7.25 Å². The fourth-order valence-corrected chi connectivity index (χ4v) is 1.13. The number of halogens is 4. The van der Waals surface area contributed by atoms with Gasteiger partial charge in [0.25, 0.3) is 0 Å². The summed E-state index contributed by atoms with van der Waals surface area (Å²) in [4.78, 5) is 1.41. The average Bonchev–Trinajstić information content (AvgIpc) is 2.03. The van der Waals surface area contributed by atoms with E-state index in [0.29, 0.717) is 6.61 Å². The zero-order valence-corrected chi connectivity index (χ0v) is 7.73. The lowest BCUT2D eigenvalue weighted by molar-refractivity contribution is -0.849. The van der Waals surface area contributed by atoms with Gasteiger partial charge in [0.15, 0.2) is 0 Å². The molecule has 84 valence electrons. The zero-order chi connectivity index (χ0) is 11.0. The summed E-state index contributed by atoms with van der Waals surface area (Å²) in [5, 5.41) is 8.56. The number of aliphatic hydroxyl groups excluding tert-OH is 1. The van der Waals surface area contributed by atoms with Gasteiger partial charge in [-0.2, -0.15) is 0 Å². The summed E-state index contributed by atoms with van der Waals surface area (Å²) in [6, 6.07) is 0. The van der Waals surface area contributed by atoms with Gasteiger partial charge in [-0.25, -0.2) is 0 Å². The molecule has 0 saturated carbocycles. The molecule has 0 aromatic rings. The highest BCUT2D eigenvalue weighted by Gasteiger charge is 2.20. The molecule has 1 aliphatic rings. The molecule has 1 rings (SSSR count). The van der Waals surface area contributed by atoms with Crippen LogP contribution in [-0.4, -0.2) is 32.1 Å². The van der Waals surface area contributed by atoms with Crippen LogP contribution in [0.4, 0.5) is 17.3 Å². The maximum absolute atomic E-state index is 9.75. The molecule has 0 radical (unpaired) electrons. The van der Waals surface area contributed by atoms with Gasteiger partial charge in [0, 0.05) is 6.42 Å². The number of aliphatic hydroxyl groups is 1. The van der Waals surface area contributed by atoms with Crippen LogP contribution in [-0.2, 0) is 0 Å². The predicted molar refractivity (Wildman–Crippen MR) is 46.3 cm³/mol. The van der Waals surface area contributed by atoms with Crippen LogP contribution in [0.3, 0.4) is 0 Å². The second-order valence-electron chi connectivity index (χ2n) is 2.92. The Morgan fingerprint density at radius 1 is 1.29 bits per heavy atom. The fourth-order valence-electron chi connectivity index (χ4n) is 1.13. The summed E-state index contributed by atoms with van der Waals surface area (Å²) in [5.41, 5.74) is 0. The first-order chi connectivity index (χ1) is 6.43. The Morgan fingerprint density at radius 2 is 1.86 bits per heavy atom. The van der Waals surface area contributed by atoms with E-state index in [0.717, 1.165) is 6.54 Å². The molecule has 0 aromatic heterocycles. The van der Waals surface area contributed by atoms with Gasteiger partial charge in [-0.3, -0.25) is 0 Å². The number of hydrogen-bond acceptors (Lipinski definition) is 1. The highest BCUT2D eigenvalue weighted by molar-refractivity contribution is 6.50. The van der Waals surface area contributed by atoms with E-state index in [4.69, 9.17) is 5.11 Å². The number of nitrogens with one attached hydrogen (secondary N) is 1. The quantitative estimate of drug-likeness (QED) is 0.508. The van der Waals surface area contributed by atoms with Gasteiger partial charge in [-0.1, -0.05) is 0 Å². The first-order valence-corrected chi connectivity index (χ1v) is 4.43. The van der Waals surface area contributed by atoms with E-state index in [9.17, 15) is 17.3 Å². The van der Waals surface area contributed by atoms with Crippen LogP contribution in [0.5, 0.6) is 0 Å². The van der Waals surface area contributed by atoms with Gasteiger partial charge in [0.05, 0.1) is 19.4 Å². The summed E-state index contributed by atoms with van der Waals surface area (Å²) >= 11 is 0. The Morgan fingerprint density at radius 3 is 2.21 bits per heavy atom. The van der Waals surface area contributed by atoms with Gasteiger partial charge in [0.1, 0.15) is 6.54 Å². The number of rotatable bonds is 2. The molecule has 2 N–H and O–H groups in total. The van der Waals surface area contributed by atoms with E-state index in [2.05, 4.69) is 12.3 Å². The molecule has 0 aromatic carbocycles. The van der Waals surface area contributed by atoms with Gasteiger partial charge >= 0.3 is 7.25 Å². The Bertz CT molecular complexity index is 168. The lowest BCUT2D eigenvalue weighted by Crippen LogP contribution is -3.08. The standard InChI is InChI=1S/C7H13NO.BF4/c9-7-6-8-4-2-1-3-5-8;2-1(3,4)5/h2,4,9H,1,3,5-7H2;/q;-1/p+1. The first kappa shape index (κ1) is 13.4. The number of hydrogen-bond donors (Lipinski definition) is 2. The Balaban J connectivity index is 0.000000292. The molecule has 0 saturated heterocycles. The molecular formula is C7H14BF4NO. The predicted octanol–water partition coefficient (Wildman–Crippen LogP) is 0.471. The van der Waals surface area contributed by atoms with E-state index >= 15 is 0 Å². The lowest BCUT2D eigenvalue weighted by atomic mass is 10.2. The Kier molecular flexibility index (Phi) is 6.56. The van der Waals surface area contributed by atoms with Crippen LogP contribution < -0.4 is 4.90 Å². The van der Waals surface area contributed by atoms with Crippen molar-refractivity contribution in [3.8, 4) is 0 Å². The minimum atomic E-state index is -6.00. The van der Waals surface area contributed by atoms with Crippen LogP contribution in [0.2, 0.25) is 0 Å². The second-order valence-corrected chi connectivity index (χ2v) is 2.92. The summed E-state index contributed by atoms with van der Waals surface area (Å²) in [6.07, 6.45) is 6.83. The molecule has 1 atom stereocenters. The molecule has 0 spiro atoms. The molecule has 1 aliphatic heterocycles. The van der Waals surface area contributed by atoms with E-state index in [1.54, 1.807) is 0 Å². The van der Waals surface area contributed by atoms with Gasteiger partial charge in [0.2, 0.25) is 0 Å². The Hall–Kier alpha value is -0.555. The van der Waals surface area contributed by atoms with Crippen molar-refractivity contribution in [3.63, 3.8) is 0 Å². The largest absolute Gasteiger partial charge is 0.673 e. The topological polar surface area (TPSA) is 24.7 Å². The summed E-state index contributed by atoms with van der Waals surface area (Å²) < 4.78 is 39.0. The minimum absolute atomic E-state index is 0.305. The molecular weight excluding hydrogens is 201 g/mol. The van der Waals surface area contributed by atoms with Crippen LogP contribution in [0.15, 0.2) is 12.3 Å². The van der Waals surface area contributed by atoms with Crippen LogP contribution in [0.1, 0.15) is 12.8 Å². The van der Waals surface area contributed by atoms with E-state index in [1.165, 1.54) is 24.3 Å². The van der Waals surface area contributed by atoms with Crippen molar-refractivity contribution < 1.29 is 27.3 Å². The average molecular weight is 215 g/mol. The maximum Gasteiger partial charge on any atom is 0.673 e. The van der Waals surface area contributed by atoms with E-state index in [-0.39, 0.29) is 0 Å². The van der Waals surface area contributed by atoms with Crippen LogP contribution in [0, 0.1) is 0 Å². The van der Waals surface area contributed by atoms with Gasteiger partial charge < -0.3 is 27.3 Å². The summed E-state index contributed by atoms with van der Waals surface area (Å²) in [7, 11) is -6.00. The van der Waals surface area contributed by atoms with Crippen molar-refractivity contribution in [3.05, 3.63) is 12.3 Å². The van der Waals surface area contributed by atoms with Gasteiger partial charge in [-0.05, 0) is 12.5 Å². The SMILES string of the molecule is F[B-](F)(F)F.OCC[NH+]1C=CCCC1. The third-order valence-electron chi connectivity index (χ3n) is 1.66. The smallest absolute Gasteiger partial charge is 0.418 e.